The van der Waals surface area contributed by atoms with Gasteiger partial charge in [0.05, 0.1) is 35.7 Å². The molecule has 5 rings (SSSR count). The minimum absolute atomic E-state index is 0.0203. The summed E-state index contributed by atoms with van der Waals surface area (Å²) in [5.41, 5.74) is -7.34. The van der Waals surface area contributed by atoms with Gasteiger partial charge in [0.15, 0.2) is 23.6 Å². The van der Waals surface area contributed by atoms with Crippen LogP contribution >= 0.6 is 0 Å². The van der Waals surface area contributed by atoms with Crippen LogP contribution < -0.4 is 0 Å². The number of aliphatic hydroxyl groups is 4. The highest BCUT2D eigenvalue weighted by molar-refractivity contribution is 5.95. The lowest BCUT2D eigenvalue weighted by Crippen LogP contribution is -2.82. The van der Waals surface area contributed by atoms with Crippen LogP contribution in [0.25, 0.3) is 0 Å². The Hall–Kier alpha value is -3.69. The number of esters is 4. The van der Waals surface area contributed by atoms with Gasteiger partial charge in [0.2, 0.25) is 0 Å². The fourth-order valence-electron chi connectivity index (χ4n) is 8.42. The van der Waals surface area contributed by atoms with Crippen LogP contribution in [-0.4, -0.2) is 111 Å². The molecule has 3 aliphatic carbocycles. The summed E-state index contributed by atoms with van der Waals surface area (Å²) in [7, 11) is 0. The number of benzene rings is 1. The molecule has 1 heterocycles. The monoisotopic (exact) mass is 688 g/mol. The summed E-state index contributed by atoms with van der Waals surface area (Å²) in [6.45, 7) is 9.13. The van der Waals surface area contributed by atoms with Crippen molar-refractivity contribution in [1.29, 1.82) is 0 Å². The lowest BCUT2D eigenvalue weighted by atomic mass is 9.44. The third kappa shape index (κ3) is 5.57. The Morgan fingerprint density at radius 1 is 0.980 bits per heavy atom. The van der Waals surface area contributed by atoms with Crippen molar-refractivity contribution in [3.05, 3.63) is 47.0 Å². The number of aliphatic hydroxyl groups excluding tert-OH is 3. The van der Waals surface area contributed by atoms with Crippen LogP contribution in [0.1, 0.15) is 71.7 Å². The van der Waals surface area contributed by atoms with Crippen molar-refractivity contribution >= 4 is 29.7 Å². The first-order chi connectivity index (χ1) is 22.7. The Balaban J connectivity index is 1.84. The Morgan fingerprint density at radius 2 is 1.61 bits per heavy atom. The number of rotatable bonds is 7. The minimum atomic E-state index is -2.32. The van der Waals surface area contributed by atoms with Gasteiger partial charge in [0.1, 0.15) is 23.9 Å². The molecule has 2 bridgehead atoms. The lowest BCUT2D eigenvalue weighted by molar-refractivity contribution is -0.346. The zero-order chi connectivity index (χ0) is 36.4. The van der Waals surface area contributed by atoms with Gasteiger partial charge in [0, 0.05) is 32.1 Å². The Bertz CT molecular complexity index is 1570. The first kappa shape index (κ1) is 36.6. The Labute approximate surface area is 283 Å². The highest BCUT2D eigenvalue weighted by atomic mass is 16.6. The summed E-state index contributed by atoms with van der Waals surface area (Å²) >= 11 is 0. The first-order valence-corrected chi connectivity index (χ1v) is 16.2. The summed E-state index contributed by atoms with van der Waals surface area (Å²) < 4.78 is 29.4. The van der Waals surface area contributed by atoms with Gasteiger partial charge in [-0.3, -0.25) is 14.4 Å². The molecule has 3 fully saturated rings. The number of ether oxygens (including phenoxy) is 5. The normalized spacial score (nSPS) is 37.5. The van der Waals surface area contributed by atoms with Crippen molar-refractivity contribution in [1.82, 2.24) is 0 Å². The van der Waals surface area contributed by atoms with Crippen LogP contribution in [0.2, 0.25) is 0 Å². The van der Waals surface area contributed by atoms with E-state index in [0.717, 1.165) is 13.8 Å². The number of carbonyl (C=O) groups is 5. The second kappa shape index (κ2) is 12.6. The van der Waals surface area contributed by atoms with Crippen molar-refractivity contribution in [2.45, 2.75) is 115 Å². The summed E-state index contributed by atoms with van der Waals surface area (Å²) in [5.74, 6) is -6.14. The summed E-state index contributed by atoms with van der Waals surface area (Å²) in [5, 5.41) is 45.3. The fraction of sp³-hybridized carbons (Fsp3) is 0.629. The maximum Gasteiger partial charge on any atom is 0.338 e. The summed E-state index contributed by atoms with van der Waals surface area (Å²) in [6, 6.07) is 7.83. The van der Waals surface area contributed by atoms with E-state index in [1.165, 1.54) is 32.9 Å². The van der Waals surface area contributed by atoms with Crippen LogP contribution in [0.3, 0.4) is 0 Å². The van der Waals surface area contributed by atoms with Crippen LogP contribution in [0.5, 0.6) is 0 Å². The number of hydrogen-bond donors (Lipinski definition) is 4. The molecule has 1 saturated heterocycles. The van der Waals surface area contributed by atoms with Gasteiger partial charge in [-0.1, -0.05) is 32.0 Å². The predicted octanol–water partition coefficient (Wildman–Crippen LogP) is 0.945. The van der Waals surface area contributed by atoms with E-state index in [1.54, 1.807) is 32.0 Å². The van der Waals surface area contributed by atoms with Crippen molar-refractivity contribution in [3.63, 3.8) is 0 Å². The van der Waals surface area contributed by atoms with Gasteiger partial charge in [-0.2, -0.15) is 0 Å². The fourth-order valence-corrected chi connectivity index (χ4v) is 8.42. The van der Waals surface area contributed by atoms with Gasteiger partial charge in [-0.15, -0.1) is 0 Å². The van der Waals surface area contributed by atoms with E-state index in [0.29, 0.717) is 0 Å². The SMILES string of the molecule is CC(=O)O[C@H]1C(=O)[C@]2(C)[C@@H](O)CC3OC[C@@]3(OC(C)=O)[C@H]2[C@H](OC(=O)c2ccccc2)[C@]2(O)C[C@H](OC(=O)C(O)C(C)O)C(C)=C1C2(C)C. The second-order valence-corrected chi connectivity index (χ2v) is 14.4. The van der Waals surface area contributed by atoms with Crippen LogP contribution in [-0.2, 0) is 42.9 Å². The van der Waals surface area contributed by atoms with Crippen LogP contribution in [0, 0.1) is 16.7 Å². The molecule has 4 N–H and O–H groups in total. The Kier molecular flexibility index (Phi) is 9.39. The molecule has 14 heteroatoms. The average Bonchev–Trinajstić information content (AvgIpc) is 3.02. The second-order valence-electron chi connectivity index (χ2n) is 14.4. The van der Waals surface area contributed by atoms with E-state index in [4.69, 9.17) is 23.7 Å². The highest BCUT2D eigenvalue weighted by Gasteiger charge is 2.78. The molecule has 1 aromatic carbocycles. The van der Waals surface area contributed by atoms with Gasteiger partial charge in [-0.05, 0) is 44.1 Å². The third-order valence-electron chi connectivity index (χ3n) is 11.1. The summed E-state index contributed by atoms with van der Waals surface area (Å²) in [6.07, 6.45) is -11.6. The van der Waals surface area contributed by atoms with E-state index in [-0.39, 0.29) is 29.7 Å². The maximum atomic E-state index is 15.1. The van der Waals surface area contributed by atoms with Crippen molar-refractivity contribution in [2.24, 2.45) is 16.7 Å². The van der Waals surface area contributed by atoms with Crippen molar-refractivity contribution in [3.8, 4) is 0 Å². The lowest BCUT2D eigenvalue weighted by Gasteiger charge is -2.67. The molecular weight excluding hydrogens is 644 g/mol. The standard InChI is InChI=1S/C35H44O14/c1-16-21(47-31(43)25(40)17(2)36)14-35(44)29(48-30(42)20-11-9-8-10-12-20)27-33(7,22(39)13-23-34(27,15-45-23)49-19(4)38)28(41)26(46-18(3)37)24(16)32(35,5)6/h8-12,17,21-23,25-27,29,36,39-40,44H,13-15H2,1-7H3/t17?,21-,22-,23?,25?,26+,27-,29-,33+,34-,35+/m0/s1. The molecule has 11 atom stereocenters. The first-order valence-electron chi connectivity index (χ1n) is 16.2. The number of ketones is 1. The molecule has 0 aromatic heterocycles. The number of Topliss-reactive ketones (excluding diaryl/α,β-unsaturated/α-hetero) is 1. The van der Waals surface area contributed by atoms with E-state index >= 15 is 4.79 Å². The molecule has 0 radical (unpaired) electrons. The van der Waals surface area contributed by atoms with E-state index in [2.05, 4.69) is 0 Å². The molecule has 49 heavy (non-hydrogen) atoms. The van der Waals surface area contributed by atoms with Gasteiger partial charge in [0.25, 0.3) is 0 Å². The number of carbonyl (C=O) groups excluding carboxylic acids is 5. The average molecular weight is 689 g/mol. The van der Waals surface area contributed by atoms with Crippen LogP contribution in [0.4, 0.5) is 0 Å². The van der Waals surface area contributed by atoms with E-state index in [1.807, 2.05) is 0 Å². The minimum Gasteiger partial charge on any atom is -0.456 e. The smallest absolute Gasteiger partial charge is 0.338 e. The predicted molar refractivity (Wildman–Crippen MR) is 166 cm³/mol. The molecule has 4 aliphatic rings. The van der Waals surface area contributed by atoms with Gasteiger partial charge >= 0.3 is 23.9 Å². The molecule has 1 aromatic rings. The largest absolute Gasteiger partial charge is 0.456 e. The highest BCUT2D eigenvalue weighted by Crippen LogP contribution is 2.64. The third-order valence-corrected chi connectivity index (χ3v) is 11.1. The zero-order valence-electron chi connectivity index (χ0n) is 28.5. The van der Waals surface area contributed by atoms with Gasteiger partial charge < -0.3 is 44.1 Å². The van der Waals surface area contributed by atoms with Crippen molar-refractivity contribution in [2.75, 3.05) is 6.61 Å². The Morgan fingerprint density at radius 3 is 2.14 bits per heavy atom. The molecule has 268 valence electrons. The number of fused-ring (bicyclic) bond motifs is 5. The zero-order valence-corrected chi connectivity index (χ0v) is 28.5. The quantitative estimate of drug-likeness (QED) is 0.179. The molecule has 1 aliphatic heterocycles. The maximum absolute atomic E-state index is 15.1. The summed E-state index contributed by atoms with van der Waals surface area (Å²) in [4.78, 5) is 67.5. The van der Waals surface area contributed by atoms with E-state index in [9.17, 15) is 39.6 Å². The molecule has 3 unspecified atom stereocenters. The number of hydrogen-bond acceptors (Lipinski definition) is 14. The van der Waals surface area contributed by atoms with Crippen LogP contribution in [0.15, 0.2) is 41.5 Å². The van der Waals surface area contributed by atoms with Gasteiger partial charge in [-0.25, -0.2) is 9.59 Å². The molecule has 2 saturated carbocycles. The molecule has 14 nitrogen and oxygen atoms in total. The molecular formula is C35H44O14. The van der Waals surface area contributed by atoms with Crippen molar-refractivity contribution < 1.29 is 68.1 Å². The molecule has 0 amide bonds. The van der Waals surface area contributed by atoms with E-state index < -0.39 is 107 Å². The topological polar surface area (TPSA) is 212 Å². The molecule has 0 spiro atoms.